The van der Waals surface area contributed by atoms with Gasteiger partial charge in [-0.05, 0) is 19.3 Å². The lowest BCUT2D eigenvalue weighted by atomic mass is 9.78. The molecule has 1 aromatic rings. The van der Waals surface area contributed by atoms with Gasteiger partial charge in [0.25, 0.3) is 0 Å². The molecule has 1 saturated carbocycles. The molecule has 0 atom stereocenters. The summed E-state index contributed by atoms with van der Waals surface area (Å²) >= 11 is 0. The zero-order valence-corrected chi connectivity index (χ0v) is 9.66. The van der Waals surface area contributed by atoms with Crippen LogP contribution in [-0.2, 0) is 18.2 Å². The molecule has 1 aliphatic carbocycles. The minimum Gasteiger partial charge on any atom is -0.384 e. The lowest BCUT2D eigenvalue weighted by Crippen LogP contribution is -2.29. The van der Waals surface area contributed by atoms with E-state index in [1.807, 2.05) is 7.05 Å². The van der Waals surface area contributed by atoms with Crippen molar-refractivity contribution in [3.8, 4) is 0 Å². The van der Waals surface area contributed by atoms with Crippen molar-refractivity contribution in [1.29, 1.82) is 0 Å². The van der Waals surface area contributed by atoms with E-state index in [1.54, 1.807) is 11.8 Å². The average Bonchev–Trinajstić information content (AvgIpc) is 2.42. The Labute approximate surface area is 90.4 Å². The molecule has 0 unspecified atom stereocenters. The Hall–Kier alpha value is -1.03. The number of methoxy groups -OCH3 is 1. The minimum atomic E-state index is 0.419. The zero-order valence-electron chi connectivity index (χ0n) is 9.66. The van der Waals surface area contributed by atoms with Gasteiger partial charge in [0.1, 0.15) is 5.82 Å². The fraction of sp³-hybridized carbons (Fsp3) is 0.727. The Morgan fingerprint density at radius 1 is 1.53 bits per heavy atom. The van der Waals surface area contributed by atoms with Gasteiger partial charge in [-0.1, -0.05) is 6.92 Å². The average molecular weight is 209 g/mol. The summed E-state index contributed by atoms with van der Waals surface area (Å²) in [5.74, 6) is 1.36. The van der Waals surface area contributed by atoms with Crippen LogP contribution < -0.4 is 5.73 Å². The van der Waals surface area contributed by atoms with Crippen LogP contribution in [0, 0.1) is 0 Å². The Morgan fingerprint density at radius 2 is 2.20 bits per heavy atom. The predicted molar refractivity (Wildman–Crippen MR) is 59.8 cm³/mol. The first kappa shape index (κ1) is 10.5. The summed E-state index contributed by atoms with van der Waals surface area (Å²) in [4.78, 5) is 0. The van der Waals surface area contributed by atoms with Gasteiger partial charge in [0, 0.05) is 25.6 Å². The van der Waals surface area contributed by atoms with E-state index in [4.69, 9.17) is 10.5 Å². The molecule has 0 radical (unpaired) electrons. The third-order valence-corrected chi connectivity index (χ3v) is 3.39. The largest absolute Gasteiger partial charge is 0.384 e. The lowest BCUT2D eigenvalue weighted by molar-refractivity contribution is 0.0244. The highest BCUT2D eigenvalue weighted by Crippen LogP contribution is 2.40. The van der Waals surface area contributed by atoms with Crippen molar-refractivity contribution in [1.82, 2.24) is 9.78 Å². The summed E-state index contributed by atoms with van der Waals surface area (Å²) in [5, 5.41) is 4.51. The van der Waals surface area contributed by atoms with Crippen LogP contribution in [0.4, 0.5) is 5.82 Å². The monoisotopic (exact) mass is 209 g/mol. The van der Waals surface area contributed by atoms with Crippen LogP contribution in [0.1, 0.15) is 36.9 Å². The smallest absolute Gasteiger partial charge is 0.124 e. The normalized spacial score (nSPS) is 25.3. The molecule has 84 valence electrons. The van der Waals surface area contributed by atoms with Gasteiger partial charge in [-0.3, -0.25) is 4.68 Å². The van der Waals surface area contributed by atoms with E-state index < -0.39 is 0 Å². The topological polar surface area (TPSA) is 53.1 Å². The molecule has 0 aliphatic heterocycles. The van der Waals surface area contributed by atoms with E-state index in [1.165, 1.54) is 11.3 Å². The maximum Gasteiger partial charge on any atom is 0.124 e. The van der Waals surface area contributed by atoms with Crippen LogP contribution in [0.15, 0.2) is 0 Å². The van der Waals surface area contributed by atoms with Crippen LogP contribution in [0.2, 0.25) is 0 Å². The van der Waals surface area contributed by atoms with Crippen molar-refractivity contribution in [2.75, 3.05) is 12.8 Å². The highest BCUT2D eigenvalue weighted by molar-refractivity contribution is 5.45. The van der Waals surface area contributed by atoms with Crippen LogP contribution in [0.3, 0.4) is 0 Å². The first-order valence-electron chi connectivity index (χ1n) is 5.51. The van der Waals surface area contributed by atoms with Crippen molar-refractivity contribution in [3.63, 3.8) is 0 Å². The number of hydrogen-bond acceptors (Lipinski definition) is 3. The third-order valence-electron chi connectivity index (χ3n) is 3.39. The van der Waals surface area contributed by atoms with Crippen molar-refractivity contribution in [3.05, 3.63) is 11.3 Å². The van der Waals surface area contributed by atoms with Gasteiger partial charge in [-0.15, -0.1) is 0 Å². The molecular weight excluding hydrogens is 190 g/mol. The highest BCUT2D eigenvalue weighted by Gasteiger charge is 2.34. The van der Waals surface area contributed by atoms with Crippen LogP contribution in [-0.4, -0.2) is 23.0 Å². The van der Waals surface area contributed by atoms with Gasteiger partial charge in [0.2, 0.25) is 0 Å². The summed E-state index contributed by atoms with van der Waals surface area (Å²) in [7, 11) is 3.68. The molecular formula is C11H19N3O. The molecule has 1 fully saturated rings. The molecule has 2 N–H and O–H groups in total. The fourth-order valence-corrected chi connectivity index (χ4v) is 2.27. The van der Waals surface area contributed by atoms with Gasteiger partial charge in [0.05, 0.1) is 11.8 Å². The first-order valence-corrected chi connectivity index (χ1v) is 5.51. The summed E-state index contributed by atoms with van der Waals surface area (Å²) in [5.41, 5.74) is 8.37. The van der Waals surface area contributed by atoms with Gasteiger partial charge in [-0.25, -0.2) is 0 Å². The van der Waals surface area contributed by atoms with Gasteiger partial charge in [0.15, 0.2) is 0 Å². The molecule has 4 heteroatoms. The van der Waals surface area contributed by atoms with Crippen molar-refractivity contribution in [2.24, 2.45) is 7.05 Å². The lowest BCUT2D eigenvalue weighted by Gasteiger charge is -2.33. The standard InChI is InChI=1S/C11H19N3O/c1-4-9-10(13-14(2)11(9)12)7-5-8(6-7)15-3/h7-8H,4-6,12H2,1-3H3. The molecule has 4 nitrogen and oxygen atoms in total. The Morgan fingerprint density at radius 3 is 2.73 bits per heavy atom. The van der Waals surface area contributed by atoms with E-state index in [0.717, 1.165) is 25.1 Å². The minimum absolute atomic E-state index is 0.419. The summed E-state index contributed by atoms with van der Waals surface area (Å²) in [6.45, 7) is 2.13. The number of nitrogen functional groups attached to an aromatic ring is 1. The fourth-order valence-electron chi connectivity index (χ4n) is 2.27. The maximum absolute atomic E-state index is 5.97. The molecule has 1 aromatic heterocycles. The molecule has 15 heavy (non-hydrogen) atoms. The van der Waals surface area contributed by atoms with E-state index in [0.29, 0.717) is 12.0 Å². The number of hydrogen-bond donors (Lipinski definition) is 1. The number of aryl methyl sites for hydroxylation is 1. The molecule has 0 aromatic carbocycles. The molecule has 0 spiro atoms. The molecule has 1 aliphatic rings. The second-order valence-electron chi connectivity index (χ2n) is 4.25. The molecule has 0 bridgehead atoms. The maximum atomic E-state index is 5.97. The second kappa shape index (κ2) is 3.85. The van der Waals surface area contributed by atoms with Crippen molar-refractivity contribution < 1.29 is 4.74 Å². The van der Waals surface area contributed by atoms with Gasteiger partial charge >= 0.3 is 0 Å². The van der Waals surface area contributed by atoms with Crippen molar-refractivity contribution >= 4 is 5.82 Å². The summed E-state index contributed by atoms with van der Waals surface area (Å²) in [6.07, 6.45) is 3.55. The summed E-state index contributed by atoms with van der Waals surface area (Å²) in [6, 6.07) is 0. The molecule has 0 saturated heterocycles. The Kier molecular flexibility index (Phi) is 2.69. The predicted octanol–water partition coefficient (Wildman–Crippen LogP) is 1.46. The highest BCUT2D eigenvalue weighted by atomic mass is 16.5. The number of anilines is 1. The Balaban J connectivity index is 2.19. The number of aromatic nitrogens is 2. The number of nitrogens with zero attached hydrogens (tertiary/aromatic N) is 2. The second-order valence-corrected chi connectivity index (χ2v) is 4.25. The van der Waals surface area contributed by atoms with Crippen LogP contribution in [0.5, 0.6) is 0 Å². The van der Waals surface area contributed by atoms with E-state index in [2.05, 4.69) is 12.0 Å². The summed E-state index contributed by atoms with van der Waals surface area (Å²) < 4.78 is 7.07. The van der Waals surface area contributed by atoms with Crippen molar-refractivity contribution in [2.45, 2.75) is 38.2 Å². The molecule has 2 rings (SSSR count). The van der Waals surface area contributed by atoms with Crippen LogP contribution >= 0.6 is 0 Å². The van der Waals surface area contributed by atoms with Crippen LogP contribution in [0.25, 0.3) is 0 Å². The van der Waals surface area contributed by atoms with E-state index >= 15 is 0 Å². The number of nitrogens with two attached hydrogens (primary N) is 1. The van der Waals surface area contributed by atoms with E-state index in [-0.39, 0.29) is 0 Å². The SMILES string of the molecule is CCc1c(C2CC(OC)C2)nn(C)c1N. The van der Waals surface area contributed by atoms with E-state index in [9.17, 15) is 0 Å². The quantitative estimate of drug-likeness (QED) is 0.820. The van der Waals surface area contributed by atoms with Gasteiger partial charge < -0.3 is 10.5 Å². The first-order chi connectivity index (χ1) is 7.17. The number of rotatable bonds is 3. The third kappa shape index (κ3) is 1.63. The van der Waals surface area contributed by atoms with Gasteiger partial charge in [-0.2, -0.15) is 5.10 Å². The molecule has 1 heterocycles. The Bertz CT molecular complexity index is 353. The zero-order chi connectivity index (χ0) is 11.0. The number of ether oxygens (including phenoxy) is 1. The molecule has 0 amide bonds.